The third-order valence-corrected chi connectivity index (χ3v) is 6.41. The van der Waals surface area contributed by atoms with Crippen LogP contribution in [0, 0.1) is 6.92 Å². The lowest BCUT2D eigenvalue weighted by molar-refractivity contribution is 0.0628. The van der Waals surface area contributed by atoms with Crippen LogP contribution in [0.15, 0.2) is 29.1 Å². The van der Waals surface area contributed by atoms with Gasteiger partial charge in [0.1, 0.15) is 17.3 Å². The summed E-state index contributed by atoms with van der Waals surface area (Å²) in [6.07, 6.45) is 3.47. The number of piperidine rings is 1. The maximum absolute atomic E-state index is 13.3. The van der Waals surface area contributed by atoms with Crippen LogP contribution in [0.4, 0.5) is 0 Å². The van der Waals surface area contributed by atoms with E-state index in [2.05, 4.69) is 9.97 Å². The molecule has 1 aromatic carbocycles. The maximum Gasteiger partial charge on any atom is 0.270 e. The van der Waals surface area contributed by atoms with Gasteiger partial charge in [-0.2, -0.15) is 0 Å². The molecule has 0 saturated carbocycles. The molecule has 2 aromatic heterocycles. The molecule has 3 heterocycles. The van der Waals surface area contributed by atoms with Gasteiger partial charge in [0.2, 0.25) is 0 Å². The number of carbonyl (C=O) groups excluding carboxylic acids is 1. The van der Waals surface area contributed by atoms with E-state index in [0.717, 1.165) is 60.1 Å². The van der Waals surface area contributed by atoms with Crippen LogP contribution >= 0.6 is 0 Å². The van der Waals surface area contributed by atoms with E-state index >= 15 is 0 Å². The highest BCUT2D eigenvalue weighted by molar-refractivity contribution is 5.98. The van der Waals surface area contributed by atoms with Crippen molar-refractivity contribution in [1.29, 1.82) is 0 Å². The van der Waals surface area contributed by atoms with Crippen molar-refractivity contribution >= 4 is 16.8 Å². The van der Waals surface area contributed by atoms with Crippen LogP contribution in [-0.4, -0.2) is 46.0 Å². The molecule has 29 heavy (non-hydrogen) atoms. The number of fused-ring (bicyclic) bond motifs is 3. The number of nitrogens with zero attached hydrogens (tertiary/aromatic N) is 2. The number of rotatable bonds is 2. The molecule has 5 rings (SSSR count). The second-order valence-electron chi connectivity index (χ2n) is 8.23. The van der Waals surface area contributed by atoms with Gasteiger partial charge in [0, 0.05) is 35.0 Å². The first kappa shape index (κ1) is 18.0. The molecule has 1 aliphatic carbocycles. The number of ether oxygens (including phenoxy) is 1. The Kier molecular flexibility index (Phi) is 4.01. The van der Waals surface area contributed by atoms with Gasteiger partial charge in [-0.3, -0.25) is 9.59 Å². The van der Waals surface area contributed by atoms with Crippen LogP contribution in [-0.2, 0) is 11.8 Å². The first-order chi connectivity index (χ1) is 14.0. The molecule has 1 fully saturated rings. The molecular formula is C22H24N4O3. The number of aryl methyl sites for hydroxylation is 1. The van der Waals surface area contributed by atoms with E-state index in [1.54, 1.807) is 7.11 Å². The molecule has 7 heteroatoms. The monoisotopic (exact) mass is 392 g/mol. The van der Waals surface area contributed by atoms with Gasteiger partial charge in [-0.15, -0.1) is 0 Å². The standard InChI is InChI=1S/C22H24N4O3/c1-13-23-19-16(20(27)24-13)6-8-22(19)7-3-9-26(12-22)21(28)18-11-14-10-15(29-2)4-5-17(14)25-18/h4-5,10-11,25H,3,6-9,12H2,1-2H3,(H,23,24,27). The number of methoxy groups -OCH3 is 1. The number of likely N-dealkylation sites (tertiary alicyclic amines) is 1. The van der Waals surface area contributed by atoms with Crippen molar-refractivity contribution < 1.29 is 9.53 Å². The zero-order valence-corrected chi connectivity index (χ0v) is 16.7. The average molecular weight is 392 g/mol. The summed E-state index contributed by atoms with van der Waals surface area (Å²) in [5.74, 6) is 1.40. The number of benzene rings is 1. The maximum atomic E-state index is 13.3. The number of aromatic nitrogens is 3. The summed E-state index contributed by atoms with van der Waals surface area (Å²) in [4.78, 5) is 38.3. The summed E-state index contributed by atoms with van der Waals surface area (Å²) in [5, 5.41) is 0.953. The van der Waals surface area contributed by atoms with E-state index in [4.69, 9.17) is 9.72 Å². The quantitative estimate of drug-likeness (QED) is 0.702. The zero-order valence-electron chi connectivity index (χ0n) is 16.7. The summed E-state index contributed by atoms with van der Waals surface area (Å²) in [6, 6.07) is 7.61. The van der Waals surface area contributed by atoms with Crippen molar-refractivity contribution in [2.45, 2.75) is 38.0 Å². The first-order valence-corrected chi connectivity index (χ1v) is 10.1. The molecule has 0 bridgehead atoms. The molecule has 1 saturated heterocycles. The molecule has 3 aromatic rings. The minimum absolute atomic E-state index is 0.00532. The molecule has 1 amide bonds. The van der Waals surface area contributed by atoms with Gasteiger partial charge in [0.15, 0.2) is 0 Å². The summed E-state index contributed by atoms with van der Waals surface area (Å²) >= 11 is 0. The Morgan fingerprint density at radius 1 is 1.24 bits per heavy atom. The summed E-state index contributed by atoms with van der Waals surface area (Å²) < 4.78 is 5.28. The minimum atomic E-state index is -0.211. The summed E-state index contributed by atoms with van der Waals surface area (Å²) in [5.41, 5.74) is 2.95. The molecule has 1 aliphatic heterocycles. The van der Waals surface area contributed by atoms with Crippen LogP contribution in [0.2, 0.25) is 0 Å². The fourth-order valence-corrected chi connectivity index (χ4v) is 4.99. The minimum Gasteiger partial charge on any atom is -0.497 e. The lowest BCUT2D eigenvalue weighted by atomic mass is 9.77. The average Bonchev–Trinajstić information content (AvgIpc) is 3.29. The molecule has 1 unspecified atom stereocenters. The highest BCUT2D eigenvalue weighted by Gasteiger charge is 2.45. The van der Waals surface area contributed by atoms with Gasteiger partial charge in [-0.25, -0.2) is 4.98 Å². The Bertz CT molecular complexity index is 1180. The second kappa shape index (κ2) is 6.47. The van der Waals surface area contributed by atoms with Gasteiger partial charge in [0.25, 0.3) is 11.5 Å². The Labute approximate surface area is 168 Å². The fourth-order valence-electron chi connectivity index (χ4n) is 4.99. The smallest absolute Gasteiger partial charge is 0.270 e. The molecule has 0 radical (unpaired) electrons. The molecular weight excluding hydrogens is 368 g/mol. The largest absolute Gasteiger partial charge is 0.497 e. The molecule has 150 valence electrons. The van der Waals surface area contributed by atoms with Crippen molar-refractivity contribution in [3.8, 4) is 5.75 Å². The van der Waals surface area contributed by atoms with Crippen molar-refractivity contribution in [1.82, 2.24) is 19.9 Å². The fraction of sp³-hybridized carbons (Fsp3) is 0.409. The van der Waals surface area contributed by atoms with Gasteiger partial charge < -0.3 is 19.6 Å². The third-order valence-electron chi connectivity index (χ3n) is 6.41. The molecule has 1 atom stereocenters. The number of aromatic amines is 2. The molecule has 7 nitrogen and oxygen atoms in total. The molecule has 2 aliphatic rings. The van der Waals surface area contributed by atoms with Crippen LogP contribution in [0.5, 0.6) is 5.75 Å². The highest BCUT2D eigenvalue weighted by atomic mass is 16.5. The van der Waals surface area contributed by atoms with Crippen LogP contribution in [0.3, 0.4) is 0 Å². The van der Waals surface area contributed by atoms with E-state index in [9.17, 15) is 9.59 Å². The van der Waals surface area contributed by atoms with E-state index in [0.29, 0.717) is 18.1 Å². The molecule has 2 N–H and O–H groups in total. The van der Waals surface area contributed by atoms with E-state index in [1.807, 2.05) is 36.1 Å². The normalized spacial score (nSPS) is 21.0. The number of nitrogens with one attached hydrogen (secondary N) is 2. The van der Waals surface area contributed by atoms with Gasteiger partial charge in [0.05, 0.1) is 12.8 Å². The number of carbonyl (C=O) groups is 1. The Hall–Kier alpha value is -3.09. The summed E-state index contributed by atoms with van der Waals surface area (Å²) in [7, 11) is 1.63. The zero-order chi connectivity index (χ0) is 20.2. The lowest BCUT2D eigenvalue weighted by Gasteiger charge is -2.40. The van der Waals surface area contributed by atoms with Crippen molar-refractivity contribution in [2.24, 2.45) is 0 Å². The Morgan fingerprint density at radius 3 is 2.93 bits per heavy atom. The summed E-state index contributed by atoms with van der Waals surface area (Å²) in [6.45, 7) is 3.14. The van der Waals surface area contributed by atoms with Gasteiger partial charge >= 0.3 is 0 Å². The van der Waals surface area contributed by atoms with Crippen LogP contribution in [0.25, 0.3) is 10.9 Å². The van der Waals surface area contributed by atoms with E-state index < -0.39 is 0 Å². The van der Waals surface area contributed by atoms with Gasteiger partial charge in [-0.05, 0) is 56.9 Å². The number of amides is 1. The lowest BCUT2D eigenvalue weighted by Crippen LogP contribution is -2.48. The van der Waals surface area contributed by atoms with E-state index in [1.165, 1.54) is 0 Å². The Morgan fingerprint density at radius 2 is 2.10 bits per heavy atom. The predicted octanol–water partition coefficient (Wildman–Crippen LogP) is 2.69. The van der Waals surface area contributed by atoms with Crippen LogP contribution < -0.4 is 10.3 Å². The molecule has 1 spiro atoms. The Balaban J connectivity index is 1.46. The number of hydrogen-bond donors (Lipinski definition) is 2. The van der Waals surface area contributed by atoms with Crippen molar-refractivity contribution in [3.05, 3.63) is 57.4 Å². The number of hydrogen-bond acceptors (Lipinski definition) is 4. The SMILES string of the molecule is COc1ccc2[nH]c(C(=O)N3CCCC4(CCc5c4nc(C)[nH]c5=O)C3)cc2c1. The van der Waals surface area contributed by atoms with Crippen molar-refractivity contribution in [2.75, 3.05) is 20.2 Å². The van der Waals surface area contributed by atoms with E-state index in [-0.39, 0.29) is 16.9 Å². The third kappa shape index (κ3) is 2.84. The van der Waals surface area contributed by atoms with Crippen LogP contribution in [0.1, 0.15) is 46.8 Å². The van der Waals surface area contributed by atoms with Crippen molar-refractivity contribution in [3.63, 3.8) is 0 Å². The number of H-pyrrole nitrogens is 2. The highest BCUT2D eigenvalue weighted by Crippen LogP contribution is 2.43. The predicted molar refractivity (Wildman–Crippen MR) is 110 cm³/mol. The van der Waals surface area contributed by atoms with Gasteiger partial charge in [-0.1, -0.05) is 0 Å². The first-order valence-electron chi connectivity index (χ1n) is 10.1. The second-order valence-corrected chi connectivity index (χ2v) is 8.23. The topological polar surface area (TPSA) is 91.1 Å².